The summed E-state index contributed by atoms with van der Waals surface area (Å²) in [6.07, 6.45) is 3.07. The highest BCUT2D eigenvalue weighted by molar-refractivity contribution is 5.84. The van der Waals surface area contributed by atoms with E-state index in [9.17, 15) is 4.79 Å². The molecule has 3 atom stereocenters. The second-order valence-electron chi connectivity index (χ2n) is 7.62. The van der Waals surface area contributed by atoms with Crippen molar-refractivity contribution in [3.8, 4) is 5.75 Å². The number of piperidine rings is 1. The highest BCUT2D eigenvalue weighted by Crippen LogP contribution is 2.38. The van der Waals surface area contributed by atoms with Crippen molar-refractivity contribution in [2.24, 2.45) is 11.8 Å². The maximum Gasteiger partial charge on any atom is 0.220 e. The summed E-state index contributed by atoms with van der Waals surface area (Å²) in [5, 5.41) is 5.49. The molecule has 4 heteroatoms. The van der Waals surface area contributed by atoms with Crippen LogP contribution in [0, 0.1) is 11.8 Å². The number of carbonyl (C=O) groups excluding carboxylic acids is 1. The van der Waals surface area contributed by atoms with Crippen molar-refractivity contribution in [1.29, 1.82) is 0 Å². The van der Waals surface area contributed by atoms with Crippen molar-refractivity contribution in [2.75, 3.05) is 20.7 Å². The van der Waals surface area contributed by atoms with Crippen LogP contribution in [-0.2, 0) is 11.3 Å². The molecule has 0 bridgehead atoms. The first-order valence-corrected chi connectivity index (χ1v) is 9.16. The number of ether oxygens (including phenoxy) is 1. The Hall–Kier alpha value is -2.07. The van der Waals surface area contributed by atoms with Gasteiger partial charge in [-0.2, -0.15) is 0 Å². The summed E-state index contributed by atoms with van der Waals surface area (Å²) >= 11 is 0. The lowest BCUT2D eigenvalue weighted by Crippen LogP contribution is -2.38. The first kappa shape index (κ1) is 16.4. The summed E-state index contributed by atoms with van der Waals surface area (Å²) in [6, 6.07) is 13.5. The maximum atomic E-state index is 11.6. The van der Waals surface area contributed by atoms with E-state index in [0.717, 1.165) is 25.3 Å². The van der Waals surface area contributed by atoms with E-state index in [0.29, 0.717) is 24.3 Å². The van der Waals surface area contributed by atoms with Gasteiger partial charge in [0.15, 0.2) is 0 Å². The van der Waals surface area contributed by atoms with Crippen LogP contribution in [0.25, 0.3) is 10.8 Å². The second kappa shape index (κ2) is 6.68. The molecule has 2 aromatic carbocycles. The van der Waals surface area contributed by atoms with Crippen LogP contribution in [0.4, 0.5) is 0 Å². The molecule has 132 valence electrons. The van der Waals surface area contributed by atoms with E-state index in [4.69, 9.17) is 4.74 Å². The van der Waals surface area contributed by atoms with E-state index in [1.54, 1.807) is 7.11 Å². The molecule has 2 aliphatic rings. The Morgan fingerprint density at radius 2 is 1.88 bits per heavy atom. The smallest absolute Gasteiger partial charge is 0.220 e. The Kier molecular flexibility index (Phi) is 4.38. The third kappa shape index (κ3) is 3.36. The Balaban J connectivity index is 1.45. The molecule has 1 aliphatic heterocycles. The molecule has 2 aromatic rings. The minimum atomic E-state index is 0.231. The zero-order valence-electron chi connectivity index (χ0n) is 15.0. The van der Waals surface area contributed by atoms with Gasteiger partial charge in [-0.05, 0) is 66.3 Å². The minimum absolute atomic E-state index is 0.231. The lowest BCUT2D eigenvalue weighted by molar-refractivity contribution is -0.124. The molecule has 4 rings (SSSR count). The van der Waals surface area contributed by atoms with Gasteiger partial charge in [0.25, 0.3) is 0 Å². The first-order chi connectivity index (χ1) is 12.1. The number of amides is 1. The third-order valence-electron chi connectivity index (χ3n) is 5.99. The van der Waals surface area contributed by atoms with Crippen molar-refractivity contribution in [1.82, 2.24) is 10.2 Å². The van der Waals surface area contributed by atoms with Crippen LogP contribution in [0.5, 0.6) is 5.75 Å². The van der Waals surface area contributed by atoms with Crippen molar-refractivity contribution < 1.29 is 9.53 Å². The number of nitrogens with zero attached hydrogens (tertiary/aromatic N) is 1. The summed E-state index contributed by atoms with van der Waals surface area (Å²) in [5.41, 5.74) is 1.34. The van der Waals surface area contributed by atoms with Crippen LogP contribution < -0.4 is 10.1 Å². The molecule has 1 heterocycles. The number of methoxy groups -OCH3 is 1. The van der Waals surface area contributed by atoms with Gasteiger partial charge in [0.1, 0.15) is 5.75 Å². The number of nitrogens with one attached hydrogen (secondary N) is 1. The molecule has 0 unspecified atom stereocenters. The molecule has 1 N–H and O–H groups in total. The van der Waals surface area contributed by atoms with Crippen molar-refractivity contribution >= 4 is 16.7 Å². The largest absolute Gasteiger partial charge is 0.497 e. The predicted octanol–water partition coefficient (Wildman–Crippen LogP) is 3.19. The number of hydrogen-bond acceptors (Lipinski definition) is 3. The van der Waals surface area contributed by atoms with E-state index in [-0.39, 0.29) is 5.91 Å². The fourth-order valence-electron chi connectivity index (χ4n) is 4.51. The fraction of sp³-hybridized carbons (Fsp3) is 0.476. The number of fused-ring (bicyclic) bond motifs is 2. The highest BCUT2D eigenvalue weighted by Gasteiger charge is 2.39. The molecule has 1 amide bonds. The summed E-state index contributed by atoms with van der Waals surface area (Å²) in [4.78, 5) is 14.1. The number of carbonyl (C=O) groups is 1. The zero-order chi connectivity index (χ0) is 17.4. The van der Waals surface area contributed by atoms with Gasteiger partial charge >= 0.3 is 0 Å². The van der Waals surface area contributed by atoms with Crippen LogP contribution in [-0.4, -0.2) is 37.6 Å². The molecule has 0 aromatic heterocycles. The maximum absolute atomic E-state index is 11.6. The van der Waals surface area contributed by atoms with Crippen LogP contribution in [0.1, 0.15) is 24.8 Å². The minimum Gasteiger partial charge on any atom is -0.497 e. The van der Waals surface area contributed by atoms with Crippen LogP contribution in [0.3, 0.4) is 0 Å². The molecule has 0 spiro atoms. The highest BCUT2D eigenvalue weighted by atomic mass is 16.5. The van der Waals surface area contributed by atoms with E-state index in [1.807, 2.05) is 6.07 Å². The summed E-state index contributed by atoms with van der Waals surface area (Å²) < 4.78 is 5.30. The summed E-state index contributed by atoms with van der Waals surface area (Å²) in [5.74, 6) is 2.36. The molecule has 1 saturated heterocycles. The van der Waals surface area contributed by atoms with E-state index in [2.05, 4.69) is 47.6 Å². The van der Waals surface area contributed by atoms with Gasteiger partial charge in [-0.3, -0.25) is 9.69 Å². The third-order valence-corrected chi connectivity index (χ3v) is 5.99. The monoisotopic (exact) mass is 338 g/mol. The van der Waals surface area contributed by atoms with Crippen molar-refractivity contribution in [3.05, 3.63) is 42.0 Å². The summed E-state index contributed by atoms with van der Waals surface area (Å²) in [6.45, 7) is 1.82. The van der Waals surface area contributed by atoms with E-state index < -0.39 is 0 Å². The average molecular weight is 338 g/mol. The molecule has 2 fully saturated rings. The molecular formula is C21H26N2O2. The van der Waals surface area contributed by atoms with Crippen LogP contribution in [0.2, 0.25) is 0 Å². The number of benzene rings is 2. The lowest BCUT2D eigenvalue weighted by atomic mass is 9.89. The SMILES string of the molecule is COc1ccc2cc(CN(C)[C@H]3C[C@H]4CNC(=O)C[C@H]4C3)ccc2c1. The molecule has 1 saturated carbocycles. The van der Waals surface area contributed by atoms with Gasteiger partial charge in [0, 0.05) is 25.6 Å². The average Bonchev–Trinajstić information content (AvgIpc) is 3.04. The molecule has 0 radical (unpaired) electrons. The Morgan fingerprint density at radius 1 is 1.12 bits per heavy atom. The Morgan fingerprint density at radius 3 is 2.72 bits per heavy atom. The van der Waals surface area contributed by atoms with Gasteiger partial charge in [-0.1, -0.05) is 18.2 Å². The number of hydrogen-bond donors (Lipinski definition) is 1. The molecule has 4 nitrogen and oxygen atoms in total. The standard InChI is InChI=1S/C21H26N2O2/c1-23(19-8-17-11-21(24)22-12-18(17)9-19)13-14-3-4-16-10-20(25-2)6-5-15(16)7-14/h3-7,10,17-19H,8-9,11-13H2,1-2H3,(H,22,24)/t17-,18+,19-/m1/s1. The second-order valence-corrected chi connectivity index (χ2v) is 7.62. The molecule has 25 heavy (non-hydrogen) atoms. The summed E-state index contributed by atoms with van der Waals surface area (Å²) in [7, 11) is 3.92. The van der Waals surface area contributed by atoms with Gasteiger partial charge in [0.05, 0.1) is 7.11 Å². The Labute approximate surface area is 149 Å². The number of rotatable bonds is 4. The van der Waals surface area contributed by atoms with Gasteiger partial charge in [-0.25, -0.2) is 0 Å². The molecule has 1 aliphatic carbocycles. The predicted molar refractivity (Wildman–Crippen MR) is 99.6 cm³/mol. The van der Waals surface area contributed by atoms with Gasteiger partial charge < -0.3 is 10.1 Å². The van der Waals surface area contributed by atoms with E-state index >= 15 is 0 Å². The topological polar surface area (TPSA) is 41.6 Å². The Bertz CT molecular complexity index is 789. The first-order valence-electron chi connectivity index (χ1n) is 9.16. The van der Waals surface area contributed by atoms with Crippen LogP contribution >= 0.6 is 0 Å². The van der Waals surface area contributed by atoms with Gasteiger partial charge in [-0.15, -0.1) is 0 Å². The van der Waals surface area contributed by atoms with E-state index in [1.165, 1.54) is 22.8 Å². The quantitative estimate of drug-likeness (QED) is 0.931. The van der Waals surface area contributed by atoms with Crippen LogP contribution in [0.15, 0.2) is 36.4 Å². The molecular weight excluding hydrogens is 312 g/mol. The normalized spacial score (nSPS) is 25.9. The van der Waals surface area contributed by atoms with Crippen molar-refractivity contribution in [2.45, 2.75) is 31.8 Å². The lowest BCUT2D eigenvalue weighted by Gasteiger charge is -2.24. The van der Waals surface area contributed by atoms with Gasteiger partial charge in [0.2, 0.25) is 5.91 Å². The van der Waals surface area contributed by atoms with Crippen molar-refractivity contribution in [3.63, 3.8) is 0 Å². The zero-order valence-corrected chi connectivity index (χ0v) is 15.0. The fourth-order valence-corrected chi connectivity index (χ4v) is 4.51.